The number of carbonyl (C=O) groups excluding carboxylic acids is 1. The number of aromatic nitrogens is 3. The minimum atomic E-state index is -0.992. The van der Waals surface area contributed by atoms with Crippen LogP contribution in [0.3, 0.4) is 0 Å². The summed E-state index contributed by atoms with van der Waals surface area (Å²) >= 11 is 0. The van der Waals surface area contributed by atoms with Gasteiger partial charge in [0.2, 0.25) is 11.9 Å². The number of carbonyl (C=O) groups is 2. The van der Waals surface area contributed by atoms with Gasteiger partial charge < -0.3 is 25.5 Å². The number of nitrogens with zero attached hydrogens (tertiary/aromatic N) is 6. The van der Waals surface area contributed by atoms with E-state index in [0.717, 1.165) is 47.8 Å². The van der Waals surface area contributed by atoms with Gasteiger partial charge in [0.15, 0.2) is 0 Å². The van der Waals surface area contributed by atoms with Crippen molar-refractivity contribution >= 4 is 29.3 Å². The van der Waals surface area contributed by atoms with Crippen molar-refractivity contribution in [2.45, 2.75) is 13.0 Å². The number of hydrogen-bond donors (Lipinski definition) is 3. The summed E-state index contributed by atoms with van der Waals surface area (Å²) in [5.74, 6) is 0.235. The molecule has 3 aromatic rings. The van der Waals surface area contributed by atoms with E-state index in [1.807, 2.05) is 67.7 Å². The van der Waals surface area contributed by atoms with Crippen LogP contribution in [0.5, 0.6) is 0 Å². The molecule has 1 amide bonds. The van der Waals surface area contributed by atoms with Gasteiger partial charge >= 0.3 is 5.97 Å². The van der Waals surface area contributed by atoms with Gasteiger partial charge in [0, 0.05) is 56.9 Å². The van der Waals surface area contributed by atoms with Crippen molar-refractivity contribution in [3.8, 4) is 11.3 Å². The van der Waals surface area contributed by atoms with E-state index in [0.29, 0.717) is 25.6 Å². The molecular weight excluding hydrogens is 484 g/mol. The SMILES string of the molecule is CNCCCN(C)c1ccc(-c2ccnc(Nc3cccc(CN4CCN(CC(=O)O)C(=O)C4)c3)n2)cn1. The van der Waals surface area contributed by atoms with Gasteiger partial charge in [0.05, 0.1) is 12.2 Å². The summed E-state index contributed by atoms with van der Waals surface area (Å²) in [7, 11) is 3.99. The van der Waals surface area contributed by atoms with Crippen molar-refractivity contribution in [3.63, 3.8) is 0 Å². The van der Waals surface area contributed by atoms with Gasteiger partial charge in [0.25, 0.3) is 0 Å². The second kappa shape index (κ2) is 12.9. The van der Waals surface area contributed by atoms with Gasteiger partial charge in [-0.05, 0) is 55.9 Å². The maximum absolute atomic E-state index is 12.3. The molecule has 0 radical (unpaired) electrons. The minimum absolute atomic E-state index is 0.166. The Balaban J connectivity index is 1.37. The zero-order valence-electron chi connectivity index (χ0n) is 21.8. The molecule has 0 unspecified atom stereocenters. The number of aliphatic carboxylic acids is 1. The van der Waals surface area contributed by atoms with Gasteiger partial charge in [-0.25, -0.2) is 15.0 Å². The van der Waals surface area contributed by atoms with Crippen LogP contribution in [0.25, 0.3) is 11.3 Å². The lowest BCUT2D eigenvalue weighted by Gasteiger charge is -2.33. The van der Waals surface area contributed by atoms with Crippen LogP contribution in [-0.4, -0.2) is 95.1 Å². The van der Waals surface area contributed by atoms with Crippen LogP contribution < -0.4 is 15.5 Å². The van der Waals surface area contributed by atoms with E-state index in [1.54, 1.807) is 6.20 Å². The lowest BCUT2D eigenvalue weighted by molar-refractivity contribution is -0.147. The number of piperazine rings is 1. The zero-order valence-corrected chi connectivity index (χ0v) is 21.8. The van der Waals surface area contributed by atoms with E-state index in [9.17, 15) is 9.59 Å². The van der Waals surface area contributed by atoms with E-state index in [1.165, 1.54) is 4.90 Å². The Labute approximate surface area is 222 Å². The molecule has 1 fully saturated rings. The van der Waals surface area contributed by atoms with Gasteiger partial charge in [0.1, 0.15) is 12.4 Å². The molecule has 0 atom stereocenters. The summed E-state index contributed by atoms with van der Waals surface area (Å²) in [5, 5.41) is 15.4. The van der Waals surface area contributed by atoms with Gasteiger partial charge in [-0.3, -0.25) is 14.5 Å². The first kappa shape index (κ1) is 27.0. The van der Waals surface area contributed by atoms with Crippen LogP contribution in [0.4, 0.5) is 17.5 Å². The number of carboxylic acids is 1. The minimum Gasteiger partial charge on any atom is -0.480 e. The quantitative estimate of drug-likeness (QED) is 0.307. The molecule has 11 heteroatoms. The highest BCUT2D eigenvalue weighted by atomic mass is 16.4. The van der Waals surface area contributed by atoms with Crippen molar-refractivity contribution < 1.29 is 14.7 Å². The molecule has 0 bridgehead atoms. The molecule has 3 N–H and O–H groups in total. The number of carboxylic acid groups (broad SMARTS) is 1. The fraction of sp³-hybridized carbons (Fsp3) is 0.370. The maximum atomic E-state index is 12.3. The number of rotatable bonds is 12. The Hall–Kier alpha value is -4.09. The summed E-state index contributed by atoms with van der Waals surface area (Å²) < 4.78 is 0. The van der Waals surface area contributed by atoms with E-state index in [2.05, 4.69) is 30.5 Å². The Morgan fingerprint density at radius 1 is 1.16 bits per heavy atom. The summed E-state index contributed by atoms with van der Waals surface area (Å²) in [4.78, 5) is 42.4. The lowest BCUT2D eigenvalue weighted by atomic mass is 10.1. The molecule has 38 heavy (non-hydrogen) atoms. The van der Waals surface area contributed by atoms with E-state index < -0.39 is 5.97 Å². The van der Waals surface area contributed by atoms with Gasteiger partial charge in [-0.15, -0.1) is 0 Å². The first-order valence-corrected chi connectivity index (χ1v) is 12.6. The van der Waals surface area contributed by atoms with E-state index >= 15 is 0 Å². The third kappa shape index (κ3) is 7.46. The summed E-state index contributed by atoms with van der Waals surface area (Å²) in [6.07, 6.45) is 4.59. The van der Waals surface area contributed by atoms with Crippen LogP contribution in [0, 0.1) is 0 Å². The van der Waals surface area contributed by atoms with Crippen molar-refractivity contribution in [3.05, 3.63) is 60.4 Å². The molecule has 1 aliphatic heterocycles. The van der Waals surface area contributed by atoms with Gasteiger partial charge in [-0.2, -0.15) is 0 Å². The fourth-order valence-electron chi connectivity index (χ4n) is 4.31. The largest absolute Gasteiger partial charge is 0.480 e. The van der Waals surface area contributed by atoms with Crippen LogP contribution in [0.1, 0.15) is 12.0 Å². The average molecular weight is 519 g/mol. The van der Waals surface area contributed by atoms with Crippen LogP contribution >= 0.6 is 0 Å². The summed E-state index contributed by atoms with van der Waals surface area (Å²) in [6.45, 7) is 3.46. The average Bonchev–Trinajstić information content (AvgIpc) is 2.91. The number of pyridine rings is 1. The molecule has 0 saturated carbocycles. The topological polar surface area (TPSA) is 127 Å². The number of benzene rings is 1. The molecule has 200 valence electrons. The highest BCUT2D eigenvalue weighted by Gasteiger charge is 2.25. The smallest absolute Gasteiger partial charge is 0.323 e. The van der Waals surface area contributed by atoms with Gasteiger partial charge in [-0.1, -0.05) is 12.1 Å². The van der Waals surface area contributed by atoms with Crippen LogP contribution in [-0.2, 0) is 16.1 Å². The molecular formula is C27H34N8O3. The Kier molecular flexibility index (Phi) is 9.17. The maximum Gasteiger partial charge on any atom is 0.323 e. The molecule has 1 aromatic carbocycles. The van der Waals surface area contributed by atoms with Crippen molar-refractivity contribution in [1.82, 2.24) is 30.1 Å². The first-order chi connectivity index (χ1) is 18.4. The Morgan fingerprint density at radius 3 is 2.76 bits per heavy atom. The molecule has 11 nitrogen and oxygen atoms in total. The fourth-order valence-corrected chi connectivity index (χ4v) is 4.31. The molecule has 0 spiro atoms. The van der Waals surface area contributed by atoms with E-state index in [4.69, 9.17) is 5.11 Å². The van der Waals surface area contributed by atoms with E-state index in [-0.39, 0.29) is 19.0 Å². The second-order valence-electron chi connectivity index (χ2n) is 9.29. The second-order valence-corrected chi connectivity index (χ2v) is 9.29. The number of amides is 1. The number of nitrogens with one attached hydrogen (secondary N) is 2. The zero-order chi connectivity index (χ0) is 26.9. The standard InChI is InChI=1S/C27H34N8O3/c1-28-10-4-12-33(2)24-8-7-21(16-30-24)23-9-11-29-27(32-23)31-22-6-3-5-20(15-22)17-34-13-14-35(19-26(37)38)25(36)18-34/h3,5-9,11,15-16,28H,4,10,12-14,17-19H2,1-2H3,(H,37,38)(H,29,31,32). The molecule has 1 saturated heterocycles. The molecule has 3 heterocycles. The molecule has 2 aromatic heterocycles. The number of anilines is 3. The van der Waals surface area contributed by atoms with Crippen molar-refractivity contribution in [2.75, 3.05) is 63.6 Å². The van der Waals surface area contributed by atoms with Crippen LogP contribution in [0.2, 0.25) is 0 Å². The Bertz CT molecular complexity index is 1240. The monoisotopic (exact) mass is 518 g/mol. The normalized spacial score (nSPS) is 13.9. The summed E-state index contributed by atoms with van der Waals surface area (Å²) in [6, 6.07) is 13.8. The molecule has 4 rings (SSSR count). The summed E-state index contributed by atoms with van der Waals surface area (Å²) in [5.41, 5.74) is 3.55. The third-order valence-electron chi connectivity index (χ3n) is 6.32. The predicted molar refractivity (Wildman–Crippen MR) is 146 cm³/mol. The molecule has 1 aliphatic rings. The van der Waals surface area contributed by atoms with Crippen LogP contribution in [0.15, 0.2) is 54.9 Å². The first-order valence-electron chi connectivity index (χ1n) is 12.6. The number of hydrogen-bond acceptors (Lipinski definition) is 9. The Morgan fingerprint density at radius 2 is 2.03 bits per heavy atom. The van der Waals surface area contributed by atoms with Crippen molar-refractivity contribution in [2.24, 2.45) is 0 Å². The van der Waals surface area contributed by atoms with Crippen molar-refractivity contribution in [1.29, 1.82) is 0 Å². The lowest BCUT2D eigenvalue weighted by Crippen LogP contribution is -2.51. The highest BCUT2D eigenvalue weighted by Crippen LogP contribution is 2.22. The highest BCUT2D eigenvalue weighted by molar-refractivity contribution is 5.83. The molecule has 0 aliphatic carbocycles. The predicted octanol–water partition coefficient (Wildman–Crippen LogP) is 2.06. The third-order valence-corrected chi connectivity index (χ3v) is 6.32.